The van der Waals surface area contributed by atoms with Gasteiger partial charge in [-0.3, -0.25) is 9.69 Å². The first kappa shape index (κ1) is 18.3. The van der Waals surface area contributed by atoms with Gasteiger partial charge in [-0.05, 0) is 53.6 Å². The molecule has 1 heterocycles. The van der Waals surface area contributed by atoms with E-state index in [1.54, 1.807) is 31.2 Å². The van der Waals surface area contributed by atoms with Crippen LogP contribution in [0.15, 0.2) is 66.7 Å². The number of imide groups is 1. The van der Waals surface area contributed by atoms with Gasteiger partial charge in [0, 0.05) is 5.02 Å². The lowest BCUT2D eigenvalue weighted by Gasteiger charge is -2.22. The average molecular weight is 395 g/mol. The summed E-state index contributed by atoms with van der Waals surface area (Å²) in [5.74, 6) is 0.348. The number of nitrogens with one attached hydrogen (secondary N) is 1. The van der Waals surface area contributed by atoms with Crippen molar-refractivity contribution >= 4 is 34.3 Å². The van der Waals surface area contributed by atoms with Crippen LogP contribution in [0, 0.1) is 0 Å². The van der Waals surface area contributed by atoms with Gasteiger partial charge in [-0.2, -0.15) is 0 Å². The molecule has 0 radical (unpaired) electrons. The van der Waals surface area contributed by atoms with Gasteiger partial charge in [0.25, 0.3) is 5.91 Å². The molecule has 28 heavy (non-hydrogen) atoms. The van der Waals surface area contributed by atoms with Crippen LogP contribution in [0.25, 0.3) is 10.8 Å². The largest absolute Gasteiger partial charge is 0.492 e. The number of carbonyl (C=O) groups is 2. The Hall–Kier alpha value is -3.05. The average Bonchev–Trinajstić information content (AvgIpc) is 2.93. The summed E-state index contributed by atoms with van der Waals surface area (Å²) >= 11 is 5.85. The Morgan fingerprint density at radius 3 is 2.46 bits per heavy atom. The molecule has 4 rings (SSSR count). The smallest absolute Gasteiger partial charge is 0.325 e. The number of amides is 3. The Balaban J connectivity index is 1.49. The molecule has 1 N–H and O–H groups in total. The molecule has 3 aromatic rings. The van der Waals surface area contributed by atoms with Crippen LogP contribution in [0.2, 0.25) is 5.02 Å². The van der Waals surface area contributed by atoms with Crippen molar-refractivity contribution in [3.63, 3.8) is 0 Å². The maximum absolute atomic E-state index is 13.0. The van der Waals surface area contributed by atoms with Crippen LogP contribution in [0.4, 0.5) is 4.79 Å². The van der Waals surface area contributed by atoms with Gasteiger partial charge in [-0.25, -0.2) is 4.79 Å². The molecule has 6 heteroatoms. The number of hydrogen-bond donors (Lipinski definition) is 1. The number of nitrogens with zero attached hydrogens (tertiary/aromatic N) is 1. The molecule has 1 aliphatic rings. The molecule has 0 bridgehead atoms. The van der Waals surface area contributed by atoms with E-state index >= 15 is 0 Å². The van der Waals surface area contributed by atoms with Crippen molar-refractivity contribution in [2.24, 2.45) is 0 Å². The lowest BCUT2D eigenvalue weighted by molar-refractivity contribution is -0.131. The van der Waals surface area contributed by atoms with E-state index in [0.29, 0.717) is 10.8 Å². The third-order valence-electron chi connectivity index (χ3n) is 5.00. The summed E-state index contributed by atoms with van der Waals surface area (Å²) in [6, 6.07) is 20.2. The van der Waals surface area contributed by atoms with E-state index < -0.39 is 11.6 Å². The molecule has 0 saturated carbocycles. The highest BCUT2D eigenvalue weighted by atomic mass is 35.5. The van der Waals surface area contributed by atoms with Gasteiger partial charge in [0.15, 0.2) is 0 Å². The highest BCUT2D eigenvalue weighted by Crippen LogP contribution is 2.31. The van der Waals surface area contributed by atoms with Crippen molar-refractivity contribution in [2.75, 3.05) is 13.2 Å². The van der Waals surface area contributed by atoms with Crippen molar-refractivity contribution in [2.45, 2.75) is 12.5 Å². The van der Waals surface area contributed by atoms with Crippen molar-refractivity contribution in [3.05, 3.63) is 77.3 Å². The SMILES string of the molecule is CC1(c2ccc3ccccc3c2)NC(=O)N(CCOc2ccc(Cl)cc2)C1=O. The molecule has 3 aromatic carbocycles. The van der Waals surface area contributed by atoms with E-state index in [0.717, 1.165) is 16.3 Å². The first-order valence-corrected chi connectivity index (χ1v) is 9.37. The third-order valence-corrected chi connectivity index (χ3v) is 5.25. The van der Waals surface area contributed by atoms with Crippen molar-refractivity contribution in [1.82, 2.24) is 10.2 Å². The number of carbonyl (C=O) groups excluding carboxylic acids is 2. The molecule has 1 saturated heterocycles. The molecular weight excluding hydrogens is 376 g/mol. The zero-order chi connectivity index (χ0) is 19.7. The Morgan fingerprint density at radius 2 is 1.71 bits per heavy atom. The summed E-state index contributed by atoms with van der Waals surface area (Å²) in [7, 11) is 0. The summed E-state index contributed by atoms with van der Waals surface area (Å²) in [4.78, 5) is 26.7. The number of rotatable bonds is 5. The van der Waals surface area contributed by atoms with Crippen LogP contribution in [-0.2, 0) is 10.3 Å². The van der Waals surface area contributed by atoms with Gasteiger partial charge in [-0.1, -0.05) is 48.0 Å². The lowest BCUT2D eigenvalue weighted by atomic mass is 9.90. The molecule has 3 amide bonds. The second kappa shape index (κ2) is 7.17. The zero-order valence-corrected chi connectivity index (χ0v) is 16.1. The second-order valence-electron chi connectivity index (χ2n) is 6.88. The molecule has 1 unspecified atom stereocenters. The molecule has 0 aromatic heterocycles. The van der Waals surface area contributed by atoms with E-state index in [1.165, 1.54) is 4.90 Å². The van der Waals surface area contributed by atoms with Crippen molar-refractivity contribution in [3.8, 4) is 5.75 Å². The monoisotopic (exact) mass is 394 g/mol. The normalized spacial score (nSPS) is 19.1. The van der Waals surface area contributed by atoms with Crippen LogP contribution >= 0.6 is 11.6 Å². The third kappa shape index (κ3) is 3.29. The number of urea groups is 1. The fraction of sp³-hybridized carbons (Fsp3) is 0.182. The predicted molar refractivity (Wildman–Crippen MR) is 108 cm³/mol. The van der Waals surface area contributed by atoms with E-state index in [9.17, 15) is 9.59 Å². The van der Waals surface area contributed by atoms with E-state index in [4.69, 9.17) is 16.3 Å². The van der Waals surface area contributed by atoms with Gasteiger partial charge in [0.2, 0.25) is 0 Å². The Morgan fingerprint density at radius 1 is 1.00 bits per heavy atom. The van der Waals surface area contributed by atoms with Gasteiger partial charge in [-0.15, -0.1) is 0 Å². The Labute approximate surface area is 167 Å². The Kier molecular flexibility index (Phi) is 4.69. The fourth-order valence-corrected chi connectivity index (χ4v) is 3.51. The quantitative estimate of drug-likeness (QED) is 0.655. The van der Waals surface area contributed by atoms with Crippen LogP contribution in [-0.4, -0.2) is 30.0 Å². The number of hydrogen-bond acceptors (Lipinski definition) is 3. The highest BCUT2D eigenvalue weighted by molar-refractivity contribution is 6.30. The fourth-order valence-electron chi connectivity index (χ4n) is 3.38. The maximum atomic E-state index is 13.0. The lowest BCUT2D eigenvalue weighted by Crippen LogP contribution is -2.41. The summed E-state index contributed by atoms with van der Waals surface area (Å²) < 4.78 is 5.62. The van der Waals surface area contributed by atoms with Gasteiger partial charge in [0.1, 0.15) is 17.9 Å². The molecule has 1 fully saturated rings. The van der Waals surface area contributed by atoms with Crippen LogP contribution < -0.4 is 10.1 Å². The maximum Gasteiger partial charge on any atom is 0.325 e. The molecule has 0 aliphatic carbocycles. The molecule has 5 nitrogen and oxygen atoms in total. The molecule has 1 atom stereocenters. The van der Waals surface area contributed by atoms with Crippen LogP contribution in [0.3, 0.4) is 0 Å². The van der Waals surface area contributed by atoms with Gasteiger partial charge >= 0.3 is 6.03 Å². The first-order chi connectivity index (χ1) is 13.5. The van der Waals surface area contributed by atoms with E-state index in [2.05, 4.69) is 5.32 Å². The highest BCUT2D eigenvalue weighted by Gasteiger charge is 2.48. The molecule has 142 valence electrons. The minimum atomic E-state index is -1.10. The Bertz CT molecular complexity index is 1050. The summed E-state index contributed by atoms with van der Waals surface area (Å²) in [6.45, 7) is 2.10. The van der Waals surface area contributed by atoms with Gasteiger partial charge < -0.3 is 10.1 Å². The minimum absolute atomic E-state index is 0.163. The number of halogens is 1. The van der Waals surface area contributed by atoms with Crippen molar-refractivity contribution < 1.29 is 14.3 Å². The molecule has 0 spiro atoms. The number of benzene rings is 3. The summed E-state index contributed by atoms with van der Waals surface area (Å²) in [5.41, 5.74) is -0.341. The number of ether oxygens (including phenoxy) is 1. The van der Waals surface area contributed by atoms with E-state index in [-0.39, 0.29) is 19.1 Å². The first-order valence-electron chi connectivity index (χ1n) is 8.99. The van der Waals surface area contributed by atoms with Crippen molar-refractivity contribution in [1.29, 1.82) is 0 Å². The molecular formula is C22H19ClN2O3. The molecule has 1 aliphatic heterocycles. The number of fused-ring (bicyclic) bond motifs is 1. The van der Waals surface area contributed by atoms with Crippen LogP contribution in [0.5, 0.6) is 5.75 Å². The second-order valence-corrected chi connectivity index (χ2v) is 7.31. The zero-order valence-electron chi connectivity index (χ0n) is 15.3. The summed E-state index contributed by atoms with van der Waals surface area (Å²) in [5, 5.41) is 5.55. The summed E-state index contributed by atoms with van der Waals surface area (Å²) in [6.07, 6.45) is 0. The van der Waals surface area contributed by atoms with Gasteiger partial charge in [0.05, 0.1) is 6.54 Å². The topological polar surface area (TPSA) is 58.6 Å². The predicted octanol–water partition coefficient (Wildman–Crippen LogP) is 4.34. The standard InChI is InChI=1S/C22H19ClN2O3/c1-22(17-7-6-15-4-2-3-5-16(15)14-17)20(26)25(21(27)24-22)12-13-28-19-10-8-18(23)9-11-19/h2-11,14H,12-13H2,1H3,(H,24,27). The minimum Gasteiger partial charge on any atom is -0.492 e. The van der Waals surface area contributed by atoms with Crippen LogP contribution in [0.1, 0.15) is 12.5 Å². The van der Waals surface area contributed by atoms with E-state index in [1.807, 2.05) is 42.5 Å².